The summed E-state index contributed by atoms with van der Waals surface area (Å²) < 4.78 is 1.51. The van der Waals surface area contributed by atoms with Crippen LogP contribution in [0, 0.1) is 17.0 Å². The third-order valence-electron chi connectivity index (χ3n) is 3.74. The van der Waals surface area contributed by atoms with Crippen LogP contribution in [0.15, 0.2) is 64.4 Å². The quantitative estimate of drug-likeness (QED) is 0.525. The minimum absolute atomic E-state index is 0.0266. The normalized spacial score (nSPS) is 10.6. The summed E-state index contributed by atoms with van der Waals surface area (Å²) >= 11 is 1.70. The summed E-state index contributed by atoms with van der Waals surface area (Å²) in [5.74, 6) is 0.422. The fourth-order valence-corrected chi connectivity index (χ4v) is 3.39. The lowest BCUT2D eigenvalue weighted by atomic mass is 10.2. The molecular weight excluding hydrogens is 336 g/mol. The van der Waals surface area contributed by atoms with Gasteiger partial charge in [-0.3, -0.25) is 10.1 Å². The zero-order valence-corrected chi connectivity index (χ0v) is 14.8. The molecule has 25 heavy (non-hydrogen) atoms. The van der Waals surface area contributed by atoms with Crippen LogP contribution in [0.5, 0.6) is 0 Å². The highest BCUT2D eigenvalue weighted by Gasteiger charge is 2.23. The molecule has 0 aliphatic heterocycles. The van der Waals surface area contributed by atoms with E-state index in [0.29, 0.717) is 18.1 Å². The standard InChI is InChI=1S/C18H18N4O2S/c1-13-17(22(23)24)18(21(2)20-13)19-12-14-8-10-16(11-9-14)25-15-6-4-3-5-7-15/h3-11,19H,12H2,1-2H3. The second-order valence-electron chi connectivity index (χ2n) is 5.58. The fourth-order valence-electron chi connectivity index (χ4n) is 2.55. The Kier molecular flexibility index (Phi) is 5.04. The first-order valence-electron chi connectivity index (χ1n) is 7.78. The molecule has 2 aromatic carbocycles. The molecule has 7 heteroatoms. The minimum atomic E-state index is -0.399. The van der Waals surface area contributed by atoms with Gasteiger partial charge in [0.05, 0.1) is 4.92 Å². The summed E-state index contributed by atoms with van der Waals surface area (Å²) in [6.07, 6.45) is 0. The first kappa shape index (κ1) is 17.0. The predicted molar refractivity (Wildman–Crippen MR) is 98.9 cm³/mol. The molecule has 0 spiro atoms. The van der Waals surface area contributed by atoms with Crippen LogP contribution in [0.2, 0.25) is 0 Å². The van der Waals surface area contributed by atoms with Crippen molar-refractivity contribution in [1.29, 1.82) is 0 Å². The molecule has 0 aliphatic carbocycles. The monoisotopic (exact) mass is 354 g/mol. The van der Waals surface area contributed by atoms with Crippen molar-refractivity contribution in [1.82, 2.24) is 9.78 Å². The molecule has 0 bridgehead atoms. The van der Waals surface area contributed by atoms with Gasteiger partial charge in [0.1, 0.15) is 5.69 Å². The van der Waals surface area contributed by atoms with E-state index in [9.17, 15) is 10.1 Å². The van der Waals surface area contributed by atoms with Gasteiger partial charge in [0.25, 0.3) is 0 Å². The number of hydrogen-bond acceptors (Lipinski definition) is 5. The Balaban J connectivity index is 1.68. The summed E-state index contributed by atoms with van der Waals surface area (Å²) in [5.41, 5.74) is 1.48. The average molecular weight is 354 g/mol. The van der Waals surface area contributed by atoms with Crippen LogP contribution < -0.4 is 5.32 Å². The molecule has 1 aromatic heterocycles. The van der Waals surface area contributed by atoms with Crippen LogP contribution in [0.1, 0.15) is 11.3 Å². The molecule has 6 nitrogen and oxygen atoms in total. The third-order valence-corrected chi connectivity index (χ3v) is 4.75. The van der Waals surface area contributed by atoms with Crippen molar-refractivity contribution in [2.75, 3.05) is 5.32 Å². The van der Waals surface area contributed by atoms with E-state index in [4.69, 9.17) is 0 Å². The van der Waals surface area contributed by atoms with Crippen LogP contribution >= 0.6 is 11.8 Å². The molecule has 3 aromatic rings. The van der Waals surface area contributed by atoms with Gasteiger partial charge in [-0.05, 0) is 36.8 Å². The first-order chi connectivity index (χ1) is 12.0. The highest BCUT2D eigenvalue weighted by molar-refractivity contribution is 7.99. The molecule has 0 unspecified atom stereocenters. The Morgan fingerprint density at radius 3 is 2.40 bits per heavy atom. The van der Waals surface area contributed by atoms with Crippen molar-refractivity contribution >= 4 is 23.3 Å². The zero-order chi connectivity index (χ0) is 17.8. The van der Waals surface area contributed by atoms with E-state index in [1.165, 1.54) is 9.58 Å². The maximum absolute atomic E-state index is 11.2. The highest BCUT2D eigenvalue weighted by Crippen LogP contribution is 2.29. The highest BCUT2D eigenvalue weighted by atomic mass is 32.2. The van der Waals surface area contributed by atoms with E-state index in [0.717, 1.165) is 10.5 Å². The molecule has 0 fully saturated rings. The van der Waals surface area contributed by atoms with E-state index in [1.54, 1.807) is 25.7 Å². The van der Waals surface area contributed by atoms with Crippen LogP contribution in [0.25, 0.3) is 0 Å². The van der Waals surface area contributed by atoms with Gasteiger partial charge in [0.15, 0.2) is 0 Å². The number of nitrogens with zero attached hydrogens (tertiary/aromatic N) is 3. The van der Waals surface area contributed by atoms with Crippen LogP contribution in [-0.4, -0.2) is 14.7 Å². The number of rotatable bonds is 6. The van der Waals surface area contributed by atoms with Crippen molar-refractivity contribution in [3.05, 3.63) is 76.0 Å². The molecule has 0 radical (unpaired) electrons. The van der Waals surface area contributed by atoms with Gasteiger partial charge in [0, 0.05) is 23.4 Å². The number of nitro groups is 1. The van der Waals surface area contributed by atoms with Crippen LogP contribution in [0.4, 0.5) is 11.5 Å². The van der Waals surface area contributed by atoms with Gasteiger partial charge in [-0.2, -0.15) is 5.10 Å². The Bertz CT molecular complexity index is 876. The topological polar surface area (TPSA) is 73.0 Å². The Hall–Kier alpha value is -2.80. The summed E-state index contributed by atoms with van der Waals surface area (Å²) in [4.78, 5) is 13.1. The second kappa shape index (κ2) is 7.40. The number of aryl methyl sites for hydroxylation is 2. The van der Waals surface area contributed by atoms with Gasteiger partial charge in [-0.15, -0.1) is 0 Å². The number of aromatic nitrogens is 2. The van der Waals surface area contributed by atoms with Crippen molar-refractivity contribution in [3.63, 3.8) is 0 Å². The van der Waals surface area contributed by atoms with Crippen molar-refractivity contribution in [2.45, 2.75) is 23.3 Å². The Morgan fingerprint density at radius 1 is 1.12 bits per heavy atom. The van der Waals surface area contributed by atoms with Gasteiger partial charge in [-0.1, -0.05) is 42.1 Å². The largest absolute Gasteiger partial charge is 0.360 e. The Morgan fingerprint density at radius 2 is 1.76 bits per heavy atom. The number of nitrogens with one attached hydrogen (secondary N) is 1. The van der Waals surface area contributed by atoms with E-state index in [-0.39, 0.29) is 5.69 Å². The summed E-state index contributed by atoms with van der Waals surface area (Å²) in [6.45, 7) is 2.13. The molecule has 0 saturated carbocycles. The maximum Gasteiger partial charge on any atom is 0.333 e. The molecular formula is C18H18N4O2S. The minimum Gasteiger partial charge on any atom is -0.360 e. The average Bonchev–Trinajstić information content (AvgIpc) is 2.89. The summed E-state index contributed by atoms with van der Waals surface area (Å²) in [6, 6.07) is 18.3. The molecule has 0 amide bonds. The van der Waals surface area contributed by atoms with Crippen LogP contribution in [0.3, 0.4) is 0 Å². The molecule has 3 rings (SSSR count). The molecule has 0 saturated heterocycles. The van der Waals surface area contributed by atoms with Gasteiger partial charge < -0.3 is 5.32 Å². The van der Waals surface area contributed by atoms with Gasteiger partial charge in [0.2, 0.25) is 5.82 Å². The first-order valence-corrected chi connectivity index (χ1v) is 8.60. The van der Waals surface area contributed by atoms with Crippen molar-refractivity contribution < 1.29 is 4.92 Å². The number of hydrogen-bond donors (Lipinski definition) is 1. The molecule has 1 N–H and O–H groups in total. The third kappa shape index (κ3) is 4.00. The summed E-state index contributed by atoms with van der Waals surface area (Å²) in [7, 11) is 1.70. The lowest BCUT2D eigenvalue weighted by molar-refractivity contribution is -0.384. The van der Waals surface area contributed by atoms with E-state index < -0.39 is 4.92 Å². The summed E-state index contributed by atoms with van der Waals surface area (Å²) in [5, 5.41) is 18.4. The van der Waals surface area contributed by atoms with Gasteiger partial charge in [-0.25, -0.2) is 4.68 Å². The predicted octanol–water partition coefficient (Wildman–Crippen LogP) is 4.40. The van der Waals surface area contributed by atoms with Gasteiger partial charge >= 0.3 is 5.69 Å². The number of benzene rings is 2. The Labute approximate surface area is 150 Å². The van der Waals surface area contributed by atoms with Crippen LogP contribution in [-0.2, 0) is 13.6 Å². The molecule has 0 atom stereocenters. The fraction of sp³-hybridized carbons (Fsp3) is 0.167. The van der Waals surface area contributed by atoms with E-state index >= 15 is 0 Å². The lowest BCUT2D eigenvalue weighted by Gasteiger charge is -2.07. The van der Waals surface area contributed by atoms with E-state index in [2.05, 4.69) is 34.7 Å². The molecule has 1 heterocycles. The SMILES string of the molecule is Cc1nn(C)c(NCc2ccc(Sc3ccccc3)cc2)c1[N+](=O)[O-]. The van der Waals surface area contributed by atoms with Crippen molar-refractivity contribution in [2.24, 2.45) is 7.05 Å². The lowest BCUT2D eigenvalue weighted by Crippen LogP contribution is -2.06. The van der Waals surface area contributed by atoms with Crippen molar-refractivity contribution in [3.8, 4) is 0 Å². The molecule has 0 aliphatic rings. The maximum atomic E-state index is 11.2. The smallest absolute Gasteiger partial charge is 0.333 e. The van der Waals surface area contributed by atoms with E-state index in [1.807, 2.05) is 30.3 Å². The second-order valence-corrected chi connectivity index (χ2v) is 6.72. The molecule has 128 valence electrons. The number of anilines is 1. The zero-order valence-electron chi connectivity index (χ0n) is 14.0.